The van der Waals surface area contributed by atoms with Crippen LogP contribution in [0.3, 0.4) is 0 Å². The molecule has 0 aliphatic carbocycles. The van der Waals surface area contributed by atoms with E-state index in [-0.39, 0.29) is 11.2 Å². The SMILES string of the molecule is CC(Sc1ccc(Br)cc1)C(=O)NCCc1ccccc1. The Bertz CT molecular complexity index is 571. The molecule has 4 heteroatoms. The lowest BCUT2D eigenvalue weighted by molar-refractivity contribution is -0.120. The summed E-state index contributed by atoms with van der Waals surface area (Å²) in [4.78, 5) is 13.2. The molecule has 1 atom stereocenters. The number of rotatable bonds is 6. The van der Waals surface area contributed by atoms with Gasteiger partial charge < -0.3 is 5.32 Å². The number of carbonyl (C=O) groups excluding carboxylic acids is 1. The molecule has 2 rings (SSSR count). The molecule has 0 saturated carbocycles. The summed E-state index contributed by atoms with van der Waals surface area (Å²) >= 11 is 4.98. The molecule has 0 aliphatic rings. The maximum absolute atomic E-state index is 12.1. The molecule has 2 aromatic carbocycles. The van der Waals surface area contributed by atoms with Gasteiger partial charge >= 0.3 is 0 Å². The van der Waals surface area contributed by atoms with Gasteiger partial charge in [-0.05, 0) is 43.2 Å². The Hall–Kier alpha value is -1.26. The molecule has 0 fully saturated rings. The first-order valence-electron chi connectivity index (χ1n) is 6.89. The summed E-state index contributed by atoms with van der Waals surface area (Å²) in [5, 5.41) is 2.90. The first kappa shape index (κ1) is 16.1. The molecule has 1 amide bonds. The van der Waals surface area contributed by atoms with E-state index in [9.17, 15) is 4.79 Å². The highest BCUT2D eigenvalue weighted by molar-refractivity contribution is 9.10. The second-order valence-corrected chi connectivity index (χ2v) is 7.07. The van der Waals surface area contributed by atoms with Crippen LogP contribution in [0.15, 0.2) is 64.0 Å². The van der Waals surface area contributed by atoms with E-state index in [2.05, 4.69) is 33.4 Å². The van der Waals surface area contributed by atoms with E-state index in [0.717, 1.165) is 15.8 Å². The summed E-state index contributed by atoms with van der Waals surface area (Å²) in [6.07, 6.45) is 0.863. The minimum absolute atomic E-state index is 0.0823. The van der Waals surface area contributed by atoms with Gasteiger partial charge in [0.1, 0.15) is 0 Å². The third kappa shape index (κ3) is 5.56. The maximum atomic E-state index is 12.1. The lowest BCUT2D eigenvalue weighted by Gasteiger charge is -2.12. The number of carbonyl (C=O) groups is 1. The van der Waals surface area contributed by atoms with E-state index in [1.807, 2.05) is 49.4 Å². The molecule has 1 N–H and O–H groups in total. The van der Waals surface area contributed by atoms with Crippen molar-refractivity contribution in [2.24, 2.45) is 0 Å². The number of hydrogen-bond donors (Lipinski definition) is 1. The Kier molecular flexibility index (Phi) is 6.33. The van der Waals surface area contributed by atoms with E-state index in [1.165, 1.54) is 5.56 Å². The first-order chi connectivity index (χ1) is 10.1. The number of benzene rings is 2. The van der Waals surface area contributed by atoms with Crippen molar-refractivity contribution in [3.63, 3.8) is 0 Å². The molecule has 0 heterocycles. The second kappa shape index (κ2) is 8.25. The maximum Gasteiger partial charge on any atom is 0.233 e. The molecule has 21 heavy (non-hydrogen) atoms. The molecular formula is C17H18BrNOS. The highest BCUT2D eigenvalue weighted by Crippen LogP contribution is 2.24. The van der Waals surface area contributed by atoms with Gasteiger partial charge in [0, 0.05) is 15.9 Å². The Morgan fingerprint density at radius 2 is 1.81 bits per heavy atom. The van der Waals surface area contributed by atoms with Crippen molar-refractivity contribution in [1.82, 2.24) is 5.32 Å². The van der Waals surface area contributed by atoms with Crippen LogP contribution in [-0.2, 0) is 11.2 Å². The summed E-state index contributed by atoms with van der Waals surface area (Å²) in [7, 11) is 0. The predicted molar refractivity (Wildman–Crippen MR) is 92.6 cm³/mol. The van der Waals surface area contributed by atoms with Crippen molar-refractivity contribution >= 4 is 33.6 Å². The molecule has 1 unspecified atom stereocenters. The van der Waals surface area contributed by atoms with Gasteiger partial charge in [-0.3, -0.25) is 4.79 Å². The van der Waals surface area contributed by atoms with Crippen LogP contribution in [0.4, 0.5) is 0 Å². The third-order valence-electron chi connectivity index (χ3n) is 3.05. The van der Waals surface area contributed by atoms with Gasteiger partial charge in [0.15, 0.2) is 0 Å². The zero-order valence-corrected chi connectivity index (χ0v) is 14.3. The Balaban J connectivity index is 1.76. The molecule has 0 saturated heterocycles. The van der Waals surface area contributed by atoms with Crippen molar-refractivity contribution in [2.45, 2.75) is 23.5 Å². The molecular weight excluding hydrogens is 346 g/mol. The van der Waals surface area contributed by atoms with Crippen molar-refractivity contribution in [3.8, 4) is 0 Å². The van der Waals surface area contributed by atoms with Crippen LogP contribution in [0.5, 0.6) is 0 Å². The highest BCUT2D eigenvalue weighted by Gasteiger charge is 2.13. The van der Waals surface area contributed by atoms with E-state index < -0.39 is 0 Å². The number of nitrogens with one attached hydrogen (secondary N) is 1. The van der Waals surface area contributed by atoms with Crippen molar-refractivity contribution < 1.29 is 4.79 Å². The van der Waals surface area contributed by atoms with Crippen molar-refractivity contribution in [1.29, 1.82) is 0 Å². The third-order valence-corrected chi connectivity index (χ3v) is 4.69. The molecule has 110 valence electrons. The van der Waals surface area contributed by atoms with E-state index in [0.29, 0.717) is 6.54 Å². The summed E-state index contributed by atoms with van der Waals surface area (Å²) in [5.41, 5.74) is 1.24. The monoisotopic (exact) mass is 363 g/mol. The van der Waals surface area contributed by atoms with Crippen LogP contribution in [0.25, 0.3) is 0 Å². The number of thioether (sulfide) groups is 1. The normalized spacial score (nSPS) is 11.9. The molecule has 2 aromatic rings. The van der Waals surface area contributed by atoms with Gasteiger partial charge in [-0.25, -0.2) is 0 Å². The van der Waals surface area contributed by atoms with Crippen LogP contribution in [0, 0.1) is 0 Å². The van der Waals surface area contributed by atoms with Gasteiger partial charge in [0.05, 0.1) is 5.25 Å². The zero-order chi connectivity index (χ0) is 15.1. The summed E-state index contributed by atoms with van der Waals surface area (Å²) in [6.45, 7) is 2.61. The zero-order valence-electron chi connectivity index (χ0n) is 11.9. The number of amides is 1. The Labute approximate surface area is 138 Å². The quantitative estimate of drug-likeness (QED) is 0.775. The minimum atomic E-state index is -0.0954. The standard InChI is InChI=1S/C17H18BrNOS/c1-13(21-16-9-7-15(18)8-10-16)17(20)19-12-11-14-5-3-2-4-6-14/h2-10,13H,11-12H2,1H3,(H,19,20). The lowest BCUT2D eigenvalue weighted by atomic mass is 10.1. The van der Waals surface area contributed by atoms with Crippen molar-refractivity contribution in [3.05, 3.63) is 64.6 Å². The van der Waals surface area contributed by atoms with Gasteiger partial charge in [0.2, 0.25) is 5.91 Å². The first-order valence-corrected chi connectivity index (χ1v) is 8.56. The topological polar surface area (TPSA) is 29.1 Å². The summed E-state index contributed by atoms with van der Waals surface area (Å²) in [5.74, 6) is 0.0823. The fourth-order valence-corrected chi connectivity index (χ4v) is 3.05. The average Bonchev–Trinajstić information content (AvgIpc) is 2.50. The Morgan fingerprint density at radius 3 is 2.48 bits per heavy atom. The Morgan fingerprint density at radius 1 is 1.14 bits per heavy atom. The smallest absolute Gasteiger partial charge is 0.233 e. The number of halogens is 1. The average molecular weight is 364 g/mol. The molecule has 0 aromatic heterocycles. The van der Waals surface area contributed by atoms with Crippen LogP contribution in [0.1, 0.15) is 12.5 Å². The molecule has 0 radical (unpaired) electrons. The molecule has 2 nitrogen and oxygen atoms in total. The fraction of sp³-hybridized carbons (Fsp3) is 0.235. The van der Waals surface area contributed by atoms with Crippen LogP contribution in [0.2, 0.25) is 0 Å². The largest absolute Gasteiger partial charge is 0.355 e. The van der Waals surface area contributed by atoms with E-state index in [1.54, 1.807) is 11.8 Å². The predicted octanol–water partition coefficient (Wildman–Crippen LogP) is 4.29. The fourth-order valence-electron chi connectivity index (χ4n) is 1.89. The van der Waals surface area contributed by atoms with Crippen LogP contribution < -0.4 is 5.32 Å². The summed E-state index contributed by atoms with van der Waals surface area (Å²) < 4.78 is 1.05. The van der Waals surface area contributed by atoms with Crippen LogP contribution >= 0.6 is 27.7 Å². The van der Waals surface area contributed by atoms with Gasteiger partial charge in [-0.15, -0.1) is 11.8 Å². The molecule has 0 aliphatic heterocycles. The molecule has 0 bridgehead atoms. The minimum Gasteiger partial charge on any atom is -0.355 e. The van der Waals surface area contributed by atoms with Crippen LogP contribution in [-0.4, -0.2) is 17.7 Å². The molecule has 0 spiro atoms. The second-order valence-electron chi connectivity index (χ2n) is 4.74. The summed E-state index contributed by atoms with van der Waals surface area (Å²) in [6, 6.07) is 18.2. The van der Waals surface area contributed by atoms with Gasteiger partial charge in [0.25, 0.3) is 0 Å². The van der Waals surface area contributed by atoms with Crippen molar-refractivity contribution in [2.75, 3.05) is 6.54 Å². The van der Waals surface area contributed by atoms with E-state index >= 15 is 0 Å². The van der Waals surface area contributed by atoms with Gasteiger partial charge in [-0.1, -0.05) is 46.3 Å². The number of hydrogen-bond acceptors (Lipinski definition) is 2. The van der Waals surface area contributed by atoms with Gasteiger partial charge in [-0.2, -0.15) is 0 Å². The highest BCUT2D eigenvalue weighted by atomic mass is 79.9. The van der Waals surface area contributed by atoms with E-state index in [4.69, 9.17) is 0 Å². The lowest BCUT2D eigenvalue weighted by Crippen LogP contribution is -2.32.